The number of carbonyl (C=O) groups is 2. The molecule has 1 aromatic heterocycles. The van der Waals surface area contributed by atoms with Gasteiger partial charge in [0.25, 0.3) is 5.56 Å². The van der Waals surface area contributed by atoms with Crippen molar-refractivity contribution in [2.45, 2.75) is 38.8 Å². The number of thioether (sulfide) groups is 1. The number of para-hydroxylation sites is 1. The van der Waals surface area contributed by atoms with Crippen molar-refractivity contribution >= 4 is 34.6 Å². The van der Waals surface area contributed by atoms with Crippen LogP contribution in [0.4, 0.5) is 4.79 Å². The SMILES string of the molecule is CCCCNC(=O)NC(=O)CSc1nc2ccccc2c(=O)n1-c1cccc(C)c1C. The molecule has 0 saturated heterocycles. The van der Waals surface area contributed by atoms with E-state index in [1.54, 1.807) is 22.8 Å². The van der Waals surface area contributed by atoms with Gasteiger partial charge in [-0.05, 0) is 49.6 Å². The van der Waals surface area contributed by atoms with Crippen molar-refractivity contribution in [3.8, 4) is 5.69 Å². The average Bonchev–Trinajstić information content (AvgIpc) is 2.75. The van der Waals surface area contributed by atoms with E-state index in [2.05, 4.69) is 15.6 Å². The number of hydrogen-bond donors (Lipinski definition) is 2. The molecule has 0 aliphatic carbocycles. The molecule has 7 nitrogen and oxygen atoms in total. The maximum atomic E-state index is 13.3. The summed E-state index contributed by atoms with van der Waals surface area (Å²) in [6, 6.07) is 12.4. The Hall–Kier alpha value is -3.13. The van der Waals surface area contributed by atoms with E-state index in [-0.39, 0.29) is 11.3 Å². The van der Waals surface area contributed by atoms with Gasteiger partial charge in [-0.3, -0.25) is 19.5 Å². The van der Waals surface area contributed by atoms with Crippen LogP contribution in [0.25, 0.3) is 16.6 Å². The number of hydrogen-bond acceptors (Lipinski definition) is 5. The highest BCUT2D eigenvalue weighted by Crippen LogP contribution is 2.24. The van der Waals surface area contributed by atoms with E-state index < -0.39 is 11.9 Å². The summed E-state index contributed by atoms with van der Waals surface area (Å²) in [6.45, 7) is 6.47. The number of fused-ring (bicyclic) bond motifs is 1. The highest BCUT2D eigenvalue weighted by molar-refractivity contribution is 7.99. The molecule has 8 heteroatoms. The summed E-state index contributed by atoms with van der Waals surface area (Å²) in [6.07, 6.45) is 1.80. The second-order valence-corrected chi connectivity index (χ2v) is 8.16. The number of rotatable bonds is 7. The van der Waals surface area contributed by atoms with Crippen LogP contribution in [0, 0.1) is 13.8 Å². The zero-order valence-corrected chi connectivity index (χ0v) is 18.7. The zero-order chi connectivity index (χ0) is 22.4. The zero-order valence-electron chi connectivity index (χ0n) is 17.9. The fraction of sp³-hybridized carbons (Fsp3) is 0.304. The van der Waals surface area contributed by atoms with Gasteiger partial charge in [0.2, 0.25) is 5.91 Å². The van der Waals surface area contributed by atoms with Gasteiger partial charge < -0.3 is 5.32 Å². The lowest BCUT2D eigenvalue weighted by molar-refractivity contribution is -0.117. The molecule has 2 N–H and O–H groups in total. The van der Waals surface area contributed by atoms with E-state index in [1.165, 1.54) is 0 Å². The van der Waals surface area contributed by atoms with Gasteiger partial charge in [-0.2, -0.15) is 0 Å². The molecule has 0 atom stereocenters. The van der Waals surface area contributed by atoms with Crippen molar-refractivity contribution in [2.24, 2.45) is 0 Å². The van der Waals surface area contributed by atoms with Crippen molar-refractivity contribution in [3.05, 3.63) is 63.9 Å². The third-order valence-corrected chi connectivity index (χ3v) is 5.90. The van der Waals surface area contributed by atoms with E-state index >= 15 is 0 Å². The summed E-state index contributed by atoms with van der Waals surface area (Å²) >= 11 is 1.12. The molecule has 2 aromatic carbocycles. The van der Waals surface area contributed by atoms with Gasteiger partial charge in [0.1, 0.15) is 0 Å². The highest BCUT2D eigenvalue weighted by atomic mass is 32.2. The number of nitrogens with one attached hydrogen (secondary N) is 2. The number of imide groups is 1. The molecule has 31 heavy (non-hydrogen) atoms. The number of carbonyl (C=O) groups excluding carboxylic acids is 2. The number of urea groups is 1. The molecule has 0 saturated carbocycles. The summed E-state index contributed by atoms with van der Waals surface area (Å²) in [5, 5.41) is 5.87. The number of unbranched alkanes of at least 4 members (excludes halogenated alkanes) is 1. The molecule has 0 fully saturated rings. The first-order chi connectivity index (χ1) is 14.9. The first-order valence-electron chi connectivity index (χ1n) is 10.2. The van der Waals surface area contributed by atoms with Crippen molar-refractivity contribution < 1.29 is 9.59 Å². The van der Waals surface area contributed by atoms with Crippen LogP contribution in [0.15, 0.2) is 52.4 Å². The minimum absolute atomic E-state index is 0.0448. The first-order valence-corrected chi connectivity index (χ1v) is 11.2. The molecule has 0 radical (unpaired) electrons. The highest BCUT2D eigenvalue weighted by Gasteiger charge is 2.17. The van der Waals surface area contributed by atoms with E-state index in [1.807, 2.05) is 45.0 Å². The lowest BCUT2D eigenvalue weighted by Crippen LogP contribution is -2.40. The van der Waals surface area contributed by atoms with Gasteiger partial charge >= 0.3 is 6.03 Å². The smallest absolute Gasteiger partial charge is 0.321 e. The van der Waals surface area contributed by atoms with Crippen molar-refractivity contribution in [3.63, 3.8) is 0 Å². The second-order valence-electron chi connectivity index (χ2n) is 7.22. The molecule has 3 aromatic rings. The predicted octanol–water partition coefficient (Wildman–Crippen LogP) is 3.72. The van der Waals surface area contributed by atoms with E-state index in [0.717, 1.165) is 41.4 Å². The monoisotopic (exact) mass is 438 g/mol. The van der Waals surface area contributed by atoms with Crippen molar-refractivity contribution in [2.75, 3.05) is 12.3 Å². The minimum Gasteiger partial charge on any atom is -0.338 e. The molecular weight excluding hydrogens is 412 g/mol. The normalized spacial score (nSPS) is 10.8. The van der Waals surface area contributed by atoms with Crippen LogP contribution in [0.1, 0.15) is 30.9 Å². The van der Waals surface area contributed by atoms with Gasteiger partial charge in [-0.1, -0.05) is 49.4 Å². The van der Waals surface area contributed by atoms with E-state index in [9.17, 15) is 14.4 Å². The standard InChI is InChI=1S/C23H26N4O3S/c1-4-5-13-24-22(30)26-20(28)14-31-23-25-18-11-7-6-10-17(18)21(29)27(23)19-12-8-9-15(2)16(19)3/h6-12H,4-5,13-14H2,1-3H3,(H2,24,26,28,30). The first kappa shape index (κ1) is 22.6. The summed E-state index contributed by atoms with van der Waals surface area (Å²) in [7, 11) is 0. The third-order valence-electron chi connectivity index (χ3n) is 4.96. The molecule has 1 heterocycles. The quantitative estimate of drug-likeness (QED) is 0.333. The molecule has 3 rings (SSSR count). The van der Waals surface area contributed by atoms with Crippen LogP contribution in [0.2, 0.25) is 0 Å². The molecule has 0 unspecified atom stereocenters. The summed E-state index contributed by atoms with van der Waals surface area (Å²) in [5.74, 6) is -0.495. The third kappa shape index (κ3) is 5.32. The van der Waals surface area contributed by atoms with Gasteiger partial charge in [0, 0.05) is 6.54 Å². The maximum absolute atomic E-state index is 13.3. The largest absolute Gasteiger partial charge is 0.338 e. The Labute approximate surface area is 185 Å². The van der Waals surface area contributed by atoms with Crippen LogP contribution in [0.5, 0.6) is 0 Å². The fourth-order valence-corrected chi connectivity index (χ4v) is 3.92. The molecule has 0 bridgehead atoms. The van der Waals surface area contributed by atoms with Gasteiger partial charge in [0.15, 0.2) is 5.16 Å². The number of nitrogens with zero attached hydrogens (tertiary/aromatic N) is 2. The minimum atomic E-state index is -0.516. The van der Waals surface area contributed by atoms with Crippen molar-refractivity contribution in [1.29, 1.82) is 0 Å². The van der Waals surface area contributed by atoms with Gasteiger partial charge in [-0.15, -0.1) is 0 Å². The van der Waals surface area contributed by atoms with Gasteiger partial charge in [0.05, 0.1) is 22.3 Å². The van der Waals surface area contributed by atoms with Crippen molar-refractivity contribution in [1.82, 2.24) is 20.2 Å². The lowest BCUT2D eigenvalue weighted by atomic mass is 10.1. The molecule has 3 amide bonds. The van der Waals surface area contributed by atoms with Crippen LogP contribution < -0.4 is 16.2 Å². The van der Waals surface area contributed by atoms with Crippen LogP contribution in [0.3, 0.4) is 0 Å². The van der Waals surface area contributed by atoms with Crippen LogP contribution in [-0.4, -0.2) is 33.8 Å². The number of benzene rings is 2. The van der Waals surface area contributed by atoms with Crippen LogP contribution >= 0.6 is 11.8 Å². The maximum Gasteiger partial charge on any atom is 0.321 e. The summed E-state index contributed by atoms with van der Waals surface area (Å²) in [5.41, 5.74) is 3.11. The summed E-state index contributed by atoms with van der Waals surface area (Å²) < 4.78 is 1.55. The Balaban J connectivity index is 1.91. The molecule has 0 aliphatic rings. The Bertz CT molecular complexity index is 1170. The molecule has 0 spiro atoms. The fourth-order valence-electron chi connectivity index (χ4n) is 3.12. The molecule has 0 aliphatic heterocycles. The topological polar surface area (TPSA) is 93.1 Å². The summed E-state index contributed by atoms with van der Waals surface area (Å²) in [4.78, 5) is 42.1. The number of aromatic nitrogens is 2. The Morgan fingerprint density at radius 1 is 1.10 bits per heavy atom. The Kier molecular flexibility index (Phi) is 7.46. The lowest BCUT2D eigenvalue weighted by Gasteiger charge is -2.16. The Morgan fingerprint density at radius 2 is 1.87 bits per heavy atom. The average molecular weight is 439 g/mol. The molecule has 162 valence electrons. The predicted molar refractivity (Wildman–Crippen MR) is 124 cm³/mol. The number of amides is 3. The van der Waals surface area contributed by atoms with Crippen LogP contribution in [-0.2, 0) is 4.79 Å². The van der Waals surface area contributed by atoms with Gasteiger partial charge in [-0.25, -0.2) is 9.78 Å². The van der Waals surface area contributed by atoms with E-state index in [4.69, 9.17) is 0 Å². The Morgan fingerprint density at radius 3 is 2.65 bits per heavy atom. The van der Waals surface area contributed by atoms with E-state index in [0.29, 0.717) is 22.6 Å². The second kappa shape index (κ2) is 10.3. The molecular formula is C23H26N4O3S. The number of aryl methyl sites for hydroxylation is 1.